The number of fused-ring (bicyclic) bond motifs is 1. The van der Waals surface area contributed by atoms with Crippen LogP contribution in [0.4, 0.5) is 0 Å². The molecule has 0 aliphatic heterocycles. The van der Waals surface area contributed by atoms with Crippen molar-refractivity contribution in [3.63, 3.8) is 0 Å². The summed E-state index contributed by atoms with van der Waals surface area (Å²) >= 11 is 0. The maximum Gasteiger partial charge on any atom is 0.344 e. The lowest BCUT2D eigenvalue weighted by Gasteiger charge is -2.08. The predicted octanol–water partition coefficient (Wildman–Crippen LogP) is 2.85. The Bertz CT molecular complexity index is 1100. The monoisotopic (exact) mass is 374 g/mol. The number of hydrogen-bond acceptors (Lipinski definition) is 7. The van der Waals surface area contributed by atoms with E-state index < -0.39 is 24.9 Å². The molecule has 0 fully saturated rings. The van der Waals surface area contributed by atoms with Gasteiger partial charge in [-0.15, -0.1) is 0 Å². The zero-order chi connectivity index (χ0) is 19.9. The fourth-order valence-corrected chi connectivity index (χ4v) is 2.41. The first-order valence-corrected chi connectivity index (χ1v) is 8.17. The number of aliphatic hydroxyl groups excluding tert-OH is 1. The smallest absolute Gasteiger partial charge is 0.344 e. The van der Waals surface area contributed by atoms with Crippen LogP contribution in [0.25, 0.3) is 16.6 Å². The molecule has 1 heterocycles. The molecule has 138 valence electrons. The lowest BCUT2D eigenvalue weighted by atomic mass is 10.2. The molecule has 0 bridgehead atoms. The Balaban J connectivity index is 1.64. The molecular formula is C20H14N4O4. The molecule has 28 heavy (non-hydrogen) atoms. The minimum absolute atomic E-state index is 0.125. The van der Waals surface area contributed by atoms with E-state index in [1.54, 1.807) is 42.5 Å². The van der Waals surface area contributed by atoms with Crippen molar-refractivity contribution in [1.82, 2.24) is 9.97 Å². The number of esters is 1. The number of benzene rings is 2. The van der Waals surface area contributed by atoms with E-state index in [0.29, 0.717) is 11.0 Å². The van der Waals surface area contributed by atoms with Crippen LogP contribution in [-0.2, 0) is 9.53 Å². The molecule has 2 N–H and O–H groups in total. The zero-order valence-corrected chi connectivity index (χ0v) is 14.5. The molecule has 0 aliphatic carbocycles. The normalized spacial score (nSPS) is 11.2. The average Bonchev–Trinajstić information content (AvgIpc) is 3.15. The number of carbonyl (C=O) groups excluding carboxylic acids is 1. The van der Waals surface area contributed by atoms with E-state index in [9.17, 15) is 15.2 Å². The van der Waals surface area contributed by atoms with Crippen LogP contribution in [0, 0.1) is 22.7 Å². The number of rotatable bonds is 6. The number of imidazole rings is 1. The van der Waals surface area contributed by atoms with Gasteiger partial charge in [-0.2, -0.15) is 10.5 Å². The first kappa shape index (κ1) is 18.5. The van der Waals surface area contributed by atoms with Gasteiger partial charge in [0, 0.05) is 0 Å². The number of para-hydroxylation sites is 3. The SMILES string of the molecule is N#C/C(=C(/O)COC(=O)COc1ccccc1C#N)c1nc2ccccc2[nH]1. The predicted molar refractivity (Wildman–Crippen MR) is 98.9 cm³/mol. The first-order chi connectivity index (χ1) is 13.6. The fourth-order valence-electron chi connectivity index (χ4n) is 2.41. The third-order valence-electron chi connectivity index (χ3n) is 3.75. The number of nitrogens with one attached hydrogen (secondary N) is 1. The highest BCUT2D eigenvalue weighted by molar-refractivity contribution is 5.83. The summed E-state index contributed by atoms with van der Waals surface area (Å²) in [5.41, 5.74) is 1.51. The summed E-state index contributed by atoms with van der Waals surface area (Å²) in [6.07, 6.45) is 0. The highest BCUT2D eigenvalue weighted by Gasteiger charge is 2.15. The van der Waals surface area contributed by atoms with Crippen molar-refractivity contribution in [3.05, 3.63) is 65.7 Å². The van der Waals surface area contributed by atoms with E-state index in [4.69, 9.17) is 14.7 Å². The fraction of sp³-hybridized carbons (Fsp3) is 0.100. The minimum Gasteiger partial charge on any atom is -0.507 e. The molecule has 0 saturated carbocycles. The molecule has 8 nitrogen and oxygen atoms in total. The van der Waals surface area contributed by atoms with Crippen LogP contribution in [0.5, 0.6) is 5.75 Å². The lowest BCUT2D eigenvalue weighted by molar-refractivity contribution is -0.145. The van der Waals surface area contributed by atoms with Crippen molar-refractivity contribution in [1.29, 1.82) is 10.5 Å². The van der Waals surface area contributed by atoms with Crippen molar-refractivity contribution < 1.29 is 19.4 Å². The number of carbonyl (C=O) groups is 1. The number of hydrogen-bond donors (Lipinski definition) is 2. The molecule has 0 saturated heterocycles. The van der Waals surface area contributed by atoms with Crippen LogP contribution in [0.2, 0.25) is 0 Å². The number of aromatic amines is 1. The van der Waals surface area contributed by atoms with Crippen molar-refractivity contribution in [2.75, 3.05) is 13.2 Å². The molecule has 3 rings (SSSR count). The molecule has 0 spiro atoms. The Morgan fingerprint density at radius 1 is 1.11 bits per heavy atom. The van der Waals surface area contributed by atoms with E-state index in [0.717, 1.165) is 0 Å². The molecule has 0 aliphatic rings. The van der Waals surface area contributed by atoms with Crippen molar-refractivity contribution >= 4 is 22.6 Å². The summed E-state index contributed by atoms with van der Waals surface area (Å²) < 4.78 is 10.2. The van der Waals surface area contributed by atoms with Gasteiger partial charge in [-0.3, -0.25) is 0 Å². The third kappa shape index (κ3) is 4.09. The molecule has 3 aromatic rings. The number of aromatic nitrogens is 2. The van der Waals surface area contributed by atoms with Gasteiger partial charge in [-0.05, 0) is 24.3 Å². The van der Waals surface area contributed by atoms with Gasteiger partial charge in [0.15, 0.2) is 18.2 Å². The van der Waals surface area contributed by atoms with E-state index in [2.05, 4.69) is 9.97 Å². The van der Waals surface area contributed by atoms with Crippen LogP contribution in [0.15, 0.2) is 54.3 Å². The molecular weight excluding hydrogens is 360 g/mol. The molecule has 0 amide bonds. The molecule has 0 atom stereocenters. The Hall–Kier alpha value is -4.30. The number of nitriles is 2. The molecule has 0 unspecified atom stereocenters. The van der Waals surface area contributed by atoms with Gasteiger partial charge in [-0.1, -0.05) is 24.3 Å². The maximum atomic E-state index is 11.8. The molecule has 0 radical (unpaired) electrons. The van der Waals surface area contributed by atoms with Gasteiger partial charge in [0.1, 0.15) is 30.1 Å². The van der Waals surface area contributed by atoms with Crippen molar-refractivity contribution in [2.45, 2.75) is 0 Å². The number of allylic oxidation sites excluding steroid dienone is 1. The van der Waals surface area contributed by atoms with Gasteiger partial charge in [0.25, 0.3) is 0 Å². The lowest BCUT2D eigenvalue weighted by Crippen LogP contribution is -2.17. The van der Waals surface area contributed by atoms with E-state index >= 15 is 0 Å². The number of nitrogens with zero attached hydrogens (tertiary/aromatic N) is 3. The summed E-state index contributed by atoms with van der Waals surface area (Å²) in [6, 6.07) is 17.4. The highest BCUT2D eigenvalue weighted by atomic mass is 16.6. The van der Waals surface area contributed by atoms with Crippen molar-refractivity contribution in [2.24, 2.45) is 0 Å². The summed E-state index contributed by atoms with van der Waals surface area (Å²) in [5, 5.41) is 28.5. The van der Waals surface area contributed by atoms with E-state index in [1.165, 1.54) is 0 Å². The maximum absolute atomic E-state index is 11.8. The summed E-state index contributed by atoms with van der Waals surface area (Å²) in [5.74, 6) is -0.772. The Morgan fingerprint density at radius 3 is 2.61 bits per heavy atom. The zero-order valence-electron chi connectivity index (χ0n) is 14.5. The first-order valence-electron chi connectivity index (χ1n) is 8.17. The van der Waals surface area contributed by atoms with Crippen LogP contribution in [0.3, 0.4) is 0 Å². The largest absolute Gasteiger partial charge is 0.507 e. The van der Waals surface area contributed by atoms with Crippen LogP contribution in [-0.4, -0.2) is 34.3 Å². The second kappa shape index (κ2) is 8.39. The Kier molecular flexibility index (Phi) is 5.54. The van der Waals surface area contributed by atoms with Gasteiger partial charge in [0.2, 0.25) is 0 Å². The average molecular weight is 374 g/mol. The van der Waals surface area contributed by atoms with E-state index in [1.807, 2.05) is 18.2 Å². The summed E-state index contributed by atoms with van der Waals surface area (Å²) in [4.78, 5) is 19.0. The molecule has 2 aromatic carbocycles. The second-order valence-electron chi connectivity index (χ2n) is 5.59. The van der Waals surface area contributed by atoms with Gasteiger partial charge in [0.05, 0.1) is 16.6 Å². The highest BCUT2D eigenvalue weighted by Crippen LogP contribution is 2.19. The third-order valence-corrected chi connectivity index (χ3v) is 3.75. The number of ether oxygens (including phenoxy) is 2. The molecule has 8 heteroatoms. The van der Waals surface area contributed by atoms with E-state index in [-0.39, 0.29) is 22.7 Å². The summed E-state index contributed by atoms with van der Waals surface area (Å²) in [6.45, 7) is -0.958. The number of H-pyrrole nitrogens is 1. The standard InChI is InChI=1S/C20H14N4O4/c21-9-13-5-1-4-8-18(13)27-12-19(26)28-11-17(25)14(10-22)20-23-15-6-2-3-7-16(15)24-20/h1-8,25H,11-12H2,(H,23,24)/b17-14-. The molecule has 1 aromatic heterocycles. The van der Waals surface area contributed by atoms with Crippen LogP contribution >= 0.6 is 0 Å². The topological polar surface area (TPSA) is 132 Å². The van der Waals surface area contributed by atoms with Gasteiger partial charge in [-0.25, -0.2) is 9.78 Å². The van der Waals surface area contributed by atoms with Gasteiger partial charge >= 0.3 is 5.97 Å². The second-order valence-corrected chi connectivity index (χ2v) is 5.59. The van der Waals surface area contributed by atoms with Crippen LogP contribution in [0.1, 0.15) is 11.4 Å². The number of aliphatic hydroxyl groups is 1. The van der Waals surface area contributed by atoms with Crippen molar-refractivity contribution in [3.8, 4) is 17.9 Å². The minimum atomic E-state index is -0.763. The Labute approximate surface area is 159 Å². The van der Waals surface area contributed by atoms with Gasteiger partial charge < -0.3 is 19.6 Å². The van der Waals surface area contributed by atoms with Crippen LogP contribution < -0.4 is 4.74 Å². The quantitative estimate of drug-likeness (QED) is 0.385. The Morgan fingerprint density at radius 2 is 1.86 bits per heavy atom. The summed E-state index contributed by atoms with van der Waals surface area (Å²) in [7, 11) is 0.